The second-order valence-corrected chi connectivity index (χ2v) is 8.81. The van der Waals surface area contributed by atoms with Crippen molar-refractivity contribution in [3.63, 3.8) is 0 Å². The molecule has 4 fully saturated rings. The molecule has 4 aliphatic rings. The van der Waals surface area contributed by atoms with Gasteiger partial charge in [0.25, 0.3) is 0 Å². The summed E-state index contributed by atoms with van der Waals surface area (Å²) in [5, 5.41) is 4.39. The molecule has 4 bridgehead atoms. The molecular weight excluding hydrogens is 262 g/mol. The number of aryl methyl sites for hydroxylation is 1. The Morgan fingerprint density at radius 1 is 1.14 bits per heavy atom. The fourth-order valence-corrected chi connectivity index (χ4v) is 6.52. The van der Waals surface area contributed by atoms with Gasteiger partial charge in [0.1, 0.15) is 0 Å². The van der Waals surface area contributed by atoms with E-state index in [9.17, 15) is 0 Å². The van der Waals surface area contributed by atoms with Crippen molar-refractivity contribution in [3.05, 3.63) is 11.7 Å². The van der Waals surface area contributed by atoms with Crippen LogP contribution in [0.4, 0.5) is 0 Å². The van der Waals surface area contributed by atoms with Crippen molar-refractivity contribution in [2.24, 2.45) is 22.5 Å². The van der Waals surface area contributed by atoms with Crippen LogP contribution in [0.2, 0.25) is 0 Å². The highest BCUT2D eigenvalue weighted by Gasteiger charge is 2.62. The van der Waals surface area contributed by atoms with E-state index in [2.05, 4.69) is 19.0 Å². The molecule has 0 amide bonds. The fraction of sp³-hybridized carbons (Fsp3) is 0.882. The summed E-state index contributed by atoms with van der Waals surface area (Å²) in [6.45, 7) is 5.65. The molecule has 4 nitrogen and oxygen atoms in total. The molecule has 2 N–H and O–H groups in total. The summed E-state index contributed by atoms with van der Waals surface area (Å²) in [6.07, 6.45) is 9.71. The molecule has 2 unspecified atom stereocenters. The van der Waals surface area contributed by atoms with E-state index in [1.807, 2.05) is 0 Å². The van der Waals surface area contributed by atoms with E-state index >= 15 is 0 Å². The van der Waals surface area contributed by atoms with Crippen LogP contribution in [0.1, 0.15) is 70.5 Å². The zero-order valence-electron chi connectivity index (χ0n) is 13.3. The zero-order valence-corrected chi connectivity index (χ0v) is 13.3. The highest BCUT2D eigenvalue weighted by atomic mass is 16.5. The highest BCUT2D eigenvalue weighted by Crippen LogP contribution is 2.69. The lowest BCUT2D eigenvalue weighted by molar-refractivity contribution is -0.113. The van der Waals surface area contributed by atoms with Crippen LogP contribution in [0.25, 0.3) is 0 Å². The molecule has 1 aromatic rings. The van der Waals surface area contributed by atoms with E-state index in [-0.39, 0.29) is 5.41 Å². The molecule has 2 atom stereocenters. The first-order valence-electron chi connectivity index (χ1n) is 8.48. The monoisotopic (exact) mass is 289 g/mol. The van der Waals surface area contributed by atoms with Gasteiger partial charge in [-0.05, 0) is 68.2 Å². The van der Waals surface area contributed by atoms with Crippen molar-refractivity contribution in [2.45, 2.75) is 70.6 Å². The minimum absolute atomic E-state index is 0.188. The molecule has 0 aliphatic heterocycles. The van der Waals surface area contributed by atoms with E-state index in [0.29, 0.717) is 17.4 Å². The van der Waals surface area contributed by atoms with Gasteiger partial charge in [-0.3, -0.25) is 0 Å². The van der Waals surface area contributed by atoms with Gasteiger partial charge in [0.2, 0.25) is 5.89 Å². The van der Waals surface area contributed by atoms with Gasteiger partial charge in [-0.2, -0.15) is 4.98 Å². The van der Waals surface area contributed by atoms with Crippen molar-refractivity contribution in [2.75, 3.05) is 6.54 Å². The van der Waals surface area contributed by atoms with Gasteiger partial charge in [0.05, 0.1) is 0 Å². The Bertz CT molecular complexity index is 534. The zero-order chi connectivity index (χ0) is 14.7. The summed E-state index contributed by atoms with van der Waals surface area (Å²) < 4.78 is 5.51. The summed E-state index contributed by atoms with van der Waals surface area (Å²) >= 11 is 0. The second kappa shape index (κ2) is 4.31. The summed E-state index contributed by atoms with van der Waals surface area (Å²) in [6, 6.07) is 0. The van der Waals surface area contributed by atoms with Crippen molar-refractivity contribution >= 4 is 0 Å². The Morgan fingerprint density at radius 3 is 2.48 bits per heavy atom. The number of aromatic nitrogens is 2. The van der Waals surface area contributed by atoms with Gasteiger partial charge in [0, 0.05) is 11.8 Å². The molecule has 0 radical (unpaired) electrons. The van der Waals surface area contributed by atoms with Gasteiger partial charge in [-0.25, -0.2) is 0 Å². The maximum Gasteiger partial charge on any atom is 0.226 e. The largest absolute Gasteiger partial charge is 0.339 e. The van der Waals surface area contributed by atoms with Crippen LogP contribution in [-0.2, 0) is 11.8 Å². The Labute approximate surface area is 126 Å². The average Bonchev–Trinajstić information content (AvgIpc) is 2.81. The van der Waals surface area contributed by atoms with Crippen LogP contribution >= 0.6 is 0 Å². The number of hydrogen-bond donors (Lipinski definition) is 1. The molecular formula is C17H27N3O. The van der Waals surface area contributed by atoms with E-state index in [4.69, 9.17) is 15.2 Å². The van der Waals surface area contributed by atoms with Gasteiger partial charge >= 0.3 is 0 Å². The first kappa shape index (κ1) is 13.7. The quantitative estimate of drug-likeness (QED) is 0.924. The third kappa shape index (κ3) is 2.14. The van der Waals surface area contributed by atoms with Crippen molar-refractivity contribution in [1.82, 2.24) is 10.1 Å². The lowest BCUT2D eigenvalue weighted by Crippen LogP contribution is -2.57. The Kier molecular flexibility index (Phi) is 2.82. The van der Waals surface area contributed by atoms with E-state index in [1.54, 1.807) is 0 Å². The topological polar surface area (TPSA) is 64.9 Å². The van der Waals surface area contributed by atoms with Crippen LogP contribution in [-0.4, -0.2) is 16.7 Å². The first-order chi connectivity index (χ1) is 9.94. The van der Waals surface area contributed by atoms with Crippen LogP contribution in [0.3, 0.4) is 0 Å². The molecule has 1 aromatic heterocycles. The van der Waals surface area contributed by atoms with Crippen LogP contribution in [0.15, 0.2) is 4.52 Å². The molecule has 0 saturated heterocycles. The summed E-state index contributed by atoms with van der Waals surface area (Å²) in [4.78, 5) is 4.77. The van der Waals surface area contributed by atoms with Gasteiger partial charge in [0.15, 0.2) is 5.82 Å². The Balaban J connectivity index is 1.66. The molecule has 1 heterocycles. The van der Waals surface area contributed by atoms with Crippen LogP contribution in [0, 0.1) is 16.7 Å². The van der Waals surface area contributed by atoms with Crippen molar-refractivity contribution in [3.8, 4) is 0 Å². The van der Waals surface area contributed by atoms with E-state index in [1.165, 1.54) is 38.5 Å². The predicted molar refractivity (Wildman–Crippen MR) is 80.8 cm³/mol. The van der Waals surface area contributed by atoms with E-state index < -0.39 is 0 Å². The standard InChI is InChI=1S/C17H27N3O/c1-15-6-12-7-16(2,9-15)11-17(8-12,10-15)14-19-13(21-20-14)4-3-5-18/h12H,3-11,18H2,1-2H3. The second-order valence-electron chi connectivity index (χ2n) is 8.81. The van der Waals surface area contributed by atoms with Crippen LogP contribution < -0.4 is 5.73 Å². The fourth-order valence-electron chi connectivity index (χ4n) is 6.52. The molecule has 5 rings (SSSR count). The van der Waals surface area contributed by atoms with Crippen molar-refractivity contribution in [1.29, 1.82) is 0 Å². The SMILES string of the molecule is CC12CC3CC(C)(C1)CC(c1noc(CCCN)n1)(C3)C2. The van der Waals surface area contributed by atoms with Crippen molar-refractivity contribution < 1.29 is 4.52 Å². The molecule has 116 valence electrons. The minimum atomic E-state index is 0.188. The first-order valence-corrected chi connectivity index (χ1v) is 8.48. The molecule has 4 heteroatoms. The Morgan fingerprint density at radius 2 is 1.86 bits per heavy atom. The number of nitrogens with two attached hydrogens (primary N) is 1. The summed E-state index contributed by atoms with van der Waals surface area (Å²) in [5.74, 6) is 2.64. The molecule has 4 aliphatic carbocycles. The minimum Gasteiger partial charge on any atom is -0.339 e. The number of hydrogen-bond acceptors (Lipinski definition) is 4. The smallest absolute Gasteiger partial charge is 0.226 e. The maximum absolute atomic E-state index is 5.57. The van der Waals surface area contributed by atoms with Gasteiger partial charge < -0.3 is 10.3 Å². The van der Waals surface area contributed by atoms with E-state index in [0.717, 1.165) is 30.5 Å². The summed E-state index contributed by atoms with van der Waals surface area (Å²) in [5.41, 5.74) is 6.75. The Hall–Kier alpha value is -0.900. The van der Waals surface area contributed by atoms with Gasteiger partial charge in [-0.1, -0.05) is 19.0 Å². The number of nitrogens with zero attached hydrogens (tertiary/aromatic N) is 2. The lowest BCUT2D eigenvalue weighted by atomic mass is 9.40. The third-order valence-electron chi connectivity index (χ3n) is 6.16. The molecule has 21 heavy (non-hydrogen) atoms. The molecule has 0 aromatic carbocycles. The normalized spacial score (nSPS) is 44.4. The maximum atomic E-state index is 5.57. The van der Waals surface area contributed by atoms with Crippen LogP contribution in [0.5, 0.6) is 0 Å². The third-order valence-corrected chi connectivity index (χ3v) is 6.16. The highest BCUT2D eigenvalue weighted by molar-refractivity contribution is 5.21. The average molecular weight is 289 g/mol. The molecule has 0 spiro atoms. The lowest BCUT2D eigenvalue weighted by Gasteiger charge is -2.64. The number of rotatable bonds is 4. The molecule has 4 saturated carbocycles. The van der Waals surface area contributed by atoms with Gasteiger partial charge in [-0.15, -0.1) is 0 Å². The predicted octanol–water partition coefficient (Wildman–Crippen LogP) is 3.21. The summed E-state index contributed by atoms with van der Waals surface area (Å²) in [7, 11) is 0.